The number of ether oxygens (including phenoxy) is 1. The Balaban J connectivity index is 1.93. The average molecular weight is 398 g/mol. The Bertz CT molecular complexity index is 933. The second kappa shape index (κ2) is 8.43. The summed E-state index contributed by atoms with van der Waals surface area (Å²) < 4.78 is 7.18. The number of hydrogen-bond acceptors (Lipinski definition) is 6. The van der Waals surface area contributed by atoms with Crippen molar-refractivity contribution in [3.8, 4) is 22.8 Å². The molecule has 1 N–H and O–H groups in total. The zero-order valence-electron chi connectivity index (χ0n) is 16.3. The van der Waals surface area contributed by atoms with E-state index in [1.165, 1.54) is 11.8 Å². The molecule has 1 amide bonds. The van der Waals surface area contributed by atoms with E-state index in [1.54, 1.807) is 19.5 Å². The number of amides is 1. The first-order valence-electron chi connectivity index (χ1n) is 8.81. The molecule has 3 rings (SSSR count). The molecule has 0 saturated heterocycles. The molecule has 0 aliphatic rings. The second-order valence-electron chi connectivity index (χ2n) is 7.16. The third-order valence-corrected chi connectivity index (χ3v) is 4.68. The van der Waals surface area contributed by atoms with Crippen molar-refractivity contribution in [2.75, 3.05) is 12.9 Å². The lowest BCUT2D eigenvalue weighted by molar-refractivity contribution is -0.119. The van der Waals surface area contributed by atoms with E-state index in [1.807, 2.05) is 61.7 Å². The smallest absolute Gasteiger partial charge is 0.230 e. The zero-order valence-corrected chi connectivity index (χ0v) is 17.2. The summed E-state index contributed by atoms with van der Waals surface area (Å²) in [6.45, 7) is 5.87. The summed E-state index contributed by atoms with van der Waals surface area (Å²) in [7, 11) is 1.63. The molecule has 0 atom stereocenters. The van der Waals surface area contributed by atoms with Crippen LogP contribution in [0, 0.1) is 0 Å². The SMILES string of the molecule is COc1ccc(-n2c(SCC(=O)NC(C)(C)C)nnc2-c2ccncc2)cc1. The van der Waals surface area contributed by atoms with Crippen molar-refractivity contribution in [3.63, 3.8) is 0 Å². The van der Waals surface area contributed by atoms with Crippen LogP contribution in [0.4, 0.5) is 0 Å². The van der Waals surface area contributed by atoms with Crippen LogP contribution in [0.25, 0.3) is 17.1 Å². The minimum Gasteiger partial charge on any atom is -0.497 e. The van der Waals surface area contributed by atoms with E-state index in [0.717, 1.165) is 17.0 Å². The molecule has 3 aromatic rings. The van der Waals surface area contributed by atoms with Gasteiger partial charge >= 0.3 is 0 Å². The number of aromatic nitrogens is 4. The Morgan fingerprint density at radius 1 is 1.11 bits per heavy atom. The largest absolute Gasteiger partial charge is 0.497 e. The lowest BCUT2D eigenvalue weighted by Crippen LogP contribution is -2.41. The summed E-state index contributed by atoms with van der Waals surface area (Å²) in [6, 6.07) is 11.4. The molecular weight excluding hydrogens is 374 g/mol. The van der Waals surface area contributed by atoms with Gasteiger partial charge in [0.1, 0.15) is 5.75 Å². The molecule has 0 fully saturated rings. The van der Waals surface area contributed by atoms with E-state index in [-0.39, 0.29) is 17.2 Å². The first-order valence-corrected chi connectivity index (χ1v) is 9.80. The number of methoxy groups -OCH3 is 1. The summed E-state index contributed by atoms with van der Waals surface area (Å²) in [5.74, 6) is 1.65. The van der Waals surface area contributed by atoms with Gasteiger partial charge in [-0.1, -0.05) is 11.8 Å². The molecule has 2 aromatic heterocycles. The van der Waals surface area contributed by atoms with Crippen molar-refractivity contribution in [1.29, 1.82) is 0 Å². The number of carbonyl (C=O) groups excluding carboxylic acids is 1. The topological polar surface area (TPSA) is 81.9 Å². The molecule has 0 spiro atoms. The molecule has 0 bridgehead atoms. The molecule has 1 aromatic carbocycles. The van der Waals surface area contributed by atoms with Gasteiger partial charge in [-0.25, -0.2) is 0 Å². The first kappa shape index (κ1) is 19.9. The summed E-state index contributed by atoms with van der Waals surface area (Å²) >= 11 is 1.35. The highest BCUT2D eigenvalue weighted by molar-refractivity contribution is 7.99. The Morgan fingerprint density at radius 3 is 2.39 bits per heavy atom. The second-order valence-corrected chi connectivity index (χ2v) is 8.10. The van der Waals surface area contributed by atoms with Gasteiger partial charge in [0.2, 0.25) is 5.91 Å². The number of carbonyl (C=O) groups is 1. The maximum Gasteiger partial charge on any atom is 0.230 e. The van der Waals surface area contributed by atoms with E-state index >= 15 is 0 Å². The lowest BCUT2D eigenvalue weighted by atomic mass is 10.1. The summed E-state index contributed by atoms with van der Waals surface area (Å²) in [6.07, 6.45) is 3.43. The Hall–Kier alpha value is -2.87. The molecule has 146 valence electrons. The average Bonchev–Trinajstić information content (AvgIpc) is 3.10. The van der Waals surface area contributed by atoms with Crippen LogP contribution in [0.15, 0.2) is 53.9 Å². The van der Waals surface area contributed by atoms with Crippen molar-refractivity contribution in [3.05, 3.63) is 48.8 Å². The van der Waals surface area contributed by atoms with Crippen LogP contribution in [0.5, 0.6) is 5.75 Å². The van der Waals surface area contributed by atoms with Crippen molar-refractivity contribution < 1.29 is 9.53 Å². The van der Waals surface area contributed by atoms with Gasteiger partial charge in [-0.15, -0.1) is 10.2 Å². The fourth-order valence-electron chi connectivity index (χ4n) is 2.60. The van der Waals surface area contributed by atoms with Gasteiger partial charge in [0.15, 0.2) is 11.0 Å². The van der Waals surface area contributed by atoms with Crippen LogP contribution in [0.1, 0.15) is 20.8 Å². The number of hydrogen-bond donors (Lipinski definition) is 1. The van der Waals surface area contributed by atoms with E-state index in [4.69, 9.17) is 4.74 Å². The van der Waals surface area contributed by atoms with Crippen LogP contribution in [-0.2, 0) is 4.79 Å². The summed E-state index contributed by atoms with van der Waals surface area (Å²) in [4.78, 5) is 16.3. The molecule has 0 radical (unpaired) electrons. The highest BCUT2D eigenvalue weighted by Gasteiger charge is 2.19. The van der Waals surface area contributed by atoms with Gasteiger partial charge in [0, 0.05) is 29.2 Å². The fourth-order valence-corrected chi connectivity index (χ4v) is 3.35. The number of rotatable bonds is 6. The Labute approximate surface area is 168 Å². The minimum atomic E-state index is -0.274. The van der Waals surface area contributed by atoms with Crippen LogP contribution in [-0.4, -0.2) is 44.1 Å². The lowest BCUT2D eigenvalue weighted by Gasteiger charge is -2.20. The third kappa shape index (κ3) is 4.89. The first-order chi connectivity index (χ1) is 13.4. The molecule has 8 heteroatoms. The molecular formula is C20H23N5O2S. The number of thioether (sulfide) groups is 1. The molecule has 7 nitrogen and oxygen atoms in total. The molecule has 0 aliphatic heterocycles. The Morgan fingerprint density at radius 2 is 1.79 bits per heavy atom. The van der Waals surface area contributed by atoms with Crippen molar-refractivity contribution in [2.45, 2.75) is 31.5 Å². The van der Waals surface area contributed by atoms with Crippen molar-refractivity contribution in [1.82, 2.24) is 25.1 Å². The Kier molecular flexibility index (Phi) is 5.99. The number of nitrogens with zero attached hydrogens (tertiary/aromatic N) is 4. The van der Waals surface area contributed by atoms with E-state index in [2.05, 4.69) is 20.5 Å². The molecule has 2 heterocycles. The van der Waals surface area contributed by atoms with E-state index in [0.29, 0.717) is 11.0 Å². The van der Waals surface area contributed by atoms with Gasteiger partial charge in [0.25, 0.3) is 0 Å². The quantitative estimate of drug-likeness (QED) is 0.643. The van der Waals surface area contributed by atoms with Gasteiger partial charge in [-0.3, -0.25) is 14.3 Å². The normalized spacial score (nSPS) is 11.3. The van der Waals surface area contributed by atoms with Crippen molar-refractivity contribution >= 4 is 17.7 Å². The van der Waals surface area contributed by atoms with Crippen molar-refractivity contribution in [2.24, 2.45) is 0 Å². The summed E-state index contributed by atoms with van der Waals surface area (Å²) in [5, 5.41) is 12.3. The van der Waals surface area contributed by atoms with E-state index < -0.39 is 0 Å². The number of benzene rings is 1. The van der Waals surface area contributed by atoms with Gasteiger partial charge in [-0.2, -0.15) is 0 Å². The van der Waals surface area contributed by atoms with Gasteiger partial charge < -0.3 is 10.1 Å². The maximum atomic E-state index is 12.2. The minimum absolute atomic E-state index is 0.0488. The summed E-state index contributed by atoms with van der Waals surface area (Å²) in [5.41, 5.74) is 1.50. The van der Waals surface area contributed by atoms with Gasteiger partial charge in [-0.05, 0) is 57.2 Å². The van der Waals surface area contributed by atoms with Crippen LogP contribution in [0.3, 0.4) is 0 Å². The number of nitrogens with one attached hydrogen (secondary N) is 1. The fraction of sp³-hybridized carbons (Fsp3) is 0.300. The molecule has 28 heavy (non-hydrogen) atoms. The monoisotopic (exact) mass is 397 g/mol. The maximum absolute atomic E-state index is 12.2. The molecule has 0 aliphatic carbocycles. The van der Waals surface area contributed by atoms with Crippen LogP contribution >= 0.6 is 11.8 Å². The highest BCUT2D eigenvalue weighted by Crippen LogP contribution is 2.28. The third-order valence-electron chi connectivity index (χ3n) is 3.75. The predicted octanol–water partition coefficient (Wildman–Crippen LogP) is 3.34. The standard InChI is InChI=1S/C20H23N5O2S/c1-20(2,3)22-17(26)13-28-19-24-23-18(14-9-11-21-12-10-14)25(19)15-5-7-16(27-4)8-6-15/h5-12H,13H2,1-4H3,(H,22,26). The zero-order chi connectivity index (χ0) is 20.1. The van der Waals surface area contributed by atoms with Crippen LogP contribution in [0.2, 0.25) is 0 Å². The van der Waals surface area contributed by atoms with Crippen LogP contribution < -0.4 is 10.1 Å². The van der Waals surface area contributed by atoms with Gasteiger partial charge in [0.05, 0.1) is 12.9 Å². The predicted molar refractivity (Wildman–Crippen MR) is 110 cm³/mol. The molecule has 0 saturated carbocycles. The molecule has 0 unspecified atom stereocenters. The van der Waals surface area contributed by atoms with E-state index in [9.17, 15) is 4.79 Å². The highest BCUT2D eigenvalue weighted by atomic mass is 32.2. The number of pyridine rings is 1.